The first-order valence-electron chi connectivity index (χ1n) is 5.30. The molecular weight excluding hydrogens is 335 g/mol. The molecule has 0 N–H and O–H groups in total. The second-order valence-electron chi connectivity index (χ2n) is 3.56. The van der Waals surface area contributed by atoms with E-state index in [0.29, 0.717) is 24.9 Å². The van der Waals surface area contributed by atoms with Gasteiger partial charge in [0, 0.05) is 19.9 Å². The van der Waals surface area contributed by atoms with Gasteiger partial charge in [-0.2, -0.15) is 10.1 Å². The standard InChI is InChI=1S/C10H13IN4O2/c1-3-4-16-6-8-12-10(14-17-8)9-7(11)5-15(2)13-9/h5H,3-4,6H2,1-2H3. The molecule has 0 bridgehead atoms. The number of hydrogen-bond donors (Lipinski definition) is 0. The average Bonchev–Trinajstić information content (AvgIpc) is 2.86. The Bertz CT molecular complexity index is 494. The molecule has 2 aromatic rings. The van der Waals surface area contributed by atoms with Crippen LogP contribution >= 0.6 is 22.6 Å². The van der Waals surface area contributed by atoms with Gasteiger partial charge in [-0.15, -0.1) is 0 Å². The summed E-state index contributed by atoms with van der Waals surface area (Å²) in [6, 6.07) is 0. The highest BCUT2D eigenvalue weighted by Crippen LogP contribution is 2.20. The Morgan fingerprint density at radius 2 is 2.35 bits per heavy atom. The largest absolute Gasteiger partial charge is 0.372 e. The molecule has 0 aromatic carbocycles. The van der Waals surface area contributed by atoms with E-state index in [0.717, 1.165) is 15.7 Å². The lowest BCUT2D eigenvalue weighted by Gasteiger charge is -1.95. The minimum Gasteiger partial charge on any atom is -0.372 e. The lowest BCUT2D eigenvalue weighted by Crippen LogP contribution is -1.94. The third-order valence-corrected chi connectivity index (χ3v) is 2.83. The summed E-state index contributed by atoms with van der Waals surface area (Å²) in [5, 5.41) is 8.17. The van der Waals surface area contributed by atoms with Crippen molar-refractivity contribution in [3.63, 3.8) is 0 Å². The molecule has 2 aromatic heterocycles. The number of halogens is 1. The van der Waals surface area contributed by atoms with Crippen LogP contribution in [-0.4, -0.2) is 26.5 Å². The maximum atomic E-state index is 5.33. The number of rotatable bonds is 5. The van der Waals surface area contributed by atoms with E-state index in [1.54, 1.807) is 4.68 Å². The minimum atomic E-state index is 0.351. The zero-order chi connectivity index (χ0) is 12.3. The van der Waals surface area contributed by atoms with Gasteiger partial charge in [0.25, 0.3) is 5.89 Å². The number of hydrogen-bond acceptors (Lipinski definition) is 5. The first-order valence-corrected chi connectivity index (χ1v) is 6.38. The van der Waals surface area contributed by atoms with Crippen LogP contribution in [0.25, 0.3) is 11.5 Å². The molecule has 92 valence electrons. The third-order valence-electron chi connectivity index (χ3n) is 2.04. The van der Waals surface area contributed by atoms with Crippen LogP contribution in [0.4, 0.5) is 0 Å². The van der Waals surface area contributed by atoms with Crippen molar-refractivity contribution in [2.75, 3.05) is 6.61 Å². The van der Waals surface area contributed by atoms with Gasteiger partial charge in [-0.1, -0.05) is 12.1 Å². The summed E-state index contributed by atoms with van der Waals surface area (Å²) in [6.45, 7) is 3.10. The highest BCUT2D eigenvalue weighted by atomic mass is 127. The van der Waals surface area contributed by atoms with E-state index in [4.69, 9.17) is 9.26 Å². The van der Waals surface area contributed by atoms with Gasteiger partial charge in [0.1, 0.15) is 12.3 Å². The Morgan fingerprint density at radius 1 is 1.53 bits per heavy atom. The van der Waals surface area contributed by atoms with Gasteiger partial charge in [-0.05, 0) is 29.0 Å². The van der Waals surface area contributed by atoms with E-state index in [9.17, 15) is 0 Å². The SMILES string of the molecule is CCCOCc1nc(-c2nn(C)cc2I)no1. The molecule has 0 unspecified atom stereocenters. The Labute approximate surface area is 112 Å². The highest BCUT2D eigenvalue weighted by molar-refractivity contribution is 14.1. The van der Waals surface area contributed by atoms with Gasteiger partial charge in [-0.25, -0.2) is 0 Å². The van der Waals surface area contributed by atoms with E-state index >= 15 is 0 Å². The van der Waals surface area contributed by atoms with Crippen molar-refractivity contribution in [1.29, 1.82) is 0 Å². The fourth-order valence-corrected chi connectivity index (χ4v) is 2.08. The maximum absolute atomic E-state index is 5.33. The number of ether oxygens (including phenoxy) is 1. The monoisotopic (exact) mass is 348 g/mol. The topological polar surface area (TPSA) is 66.0 Å². The molecule has 0 aliphatic heterocycles. The molecular formula is C10H13IN4O2. The van der Waals surface area contributed by atoms with Crippen LogP contribution in [0, 0.1) is 3.57 Å². The average molecular weight is 348 g/mol. The Balaban J connectivity index is 2.10. The molecule has 17 heavy (non-hydrogen) atoms. The third kappa shape index (κ3) is 3.03. The quantitative estimate of drug-likeness (QED) is 0.611. The molecule has 0 fully saturated rings. The smallest absolute Gasteiger partial charge is 0.253 e. The normalized spacial score (nSPS) is 11.0. The first-order chi connectivity index (χ1) is 8.20. The fraction of sp³-hybridized carbons (Fsp3) is 0.500. The highest BCUT2D eigenvalue weighted by Gasteiger charge is 2.14. The summed E-state index contributed by atoms with van der Waals surface area (Å²) >= 11 is 2.19. The molecule has 6 nitrogen and oxygen atoms in total. The van der Waals surface area contributed by atoms with Crippen LogP contribution in [-0.2, 0) is 18.4 Å². The Kier molecular flexibility index (Phi) is 4.11. The van der Waals surface area contributed by atoms with Crippen LogP contribution in [0.3, 0.4) is 0 Å². The van der Waals surface area contributed by atoms with Crippen molar-refractivity contribution < 1.29 is 9.26 Å². The molecule has 7 heteroatoms. The van der Waals surface area contributed by atoms with Crippen LogP contribution in [0.1, 0.15) is 19.2 Å². The zero-order valence-corrected chi connectivity index (χ0v) is 11.8. The zero-order valence-electron chi connectivity index (χ0n) is 9.68. The molecule has 0 atom stereocenters. The summed E-state index contributed by atoms with van der Waals surface area (Å²) in [6.07, 6.45) is 2.87. The van der Waals surface area contributed by atoms with Crippen LogP contribution < -0.4 is 0 Å². The Hall–Kier alpha value is -0.960. The van der Waals surface area contributed by atoms with E-state index in [2.05, 4.69) is 44.8 Å². The van der Waals surface area contributed by atoms with Crippen molar-refractivity contribution in [3.8, 4) is 11.5 Å². The predicted molar refractivity (Wildman–Crippen MR) is 69.2 cm³/mol. The molecule has 0 amide bonds. The molecule has 0 spiro atoms. The van der Waals surface area contributed by atoms with Gasteiger partial charge < -0.3 is 9.26 Å². The van der Waals surface area contributed by atoms with Gasteiger partial charge >= 0.3 is 0 Å². The number of aryl methyl sites for hydroxylation is 1. The number of aromatic nitrogens is 4. The molecule has 0 saturated heterocycles. The van der Waals surface area contributed by atoms with Crippen LogP contribution in [0.2, 0.25) is 0 Å². The second-order valence-corrected chi connectivity index (χ2v) is 4.73. The molecule has 2 heterocycles. The summed E-state index contributed by atoms with van der Waals surface area (Å²) in [5.41, 5.74) is 0.735. The van der Waals surface area contributed by atoms with Gasteiger partial charge in [-0.3, -0.25) is 4.68 Å². The van der Waals surface area contributed by atoms with Crippen molar-refractivity contribution in [2.45, 2.75) is 20.0 Å². The Morgan fingerprint density at radius 3 is 3.00 bits per heavy atom. The van der Waals surface area contributed by atoms with Crippen molar-refractivity contribution in [1.82, 2.24) is 19.9 Å². The van der Waals surface area contributed by atoms with E-state index < -0.39 is 0 Å². The summed E-state index contributed by atoms with van der Waals surface area (Å²) in [5.74, 6) is 0.986. The predicted octanol–water partition coefficient (Wildman–Crippen LogP) is 2.00. The summed E-state index contributed by atoms with van der Waals surface area (Å²) in [7, 11) is 1.86. The number of nitrogens with zero attached hydrogens (tertiary/aromatic N) is 4. The van der Waals surface area contributed by atoms with Gasteiger partial charge in [0.05, 0.1) is 3.57 Å². The van der Waals surface area contributed by atoms with Gasteiger partial charge in [0.15, 0.2) is 0 Å². The molecule has 0 aliphatic carbocycles. The van der Waals surface area contributed by atoms with Crippen molar-refractivity contribution in [2.24, 2.45) is 7.05 Å². The first kappa shape index (κ1) is 12.5. The van der Waals surface area contributed by atoms with Crippen molar-refractivity contribution >= 4 is 22.6 Å². The van der Waals surface area contributed by atoms with Crippen molar-refractivity contribution in [3.05, 3.63) is 15.7 Å². The molecule has 2 rings (SSSR count). The maximum Gasteiger partial charge on any atom is 0.253 e. The van der Waals surface area contributed by atoms with Crippen LogP contribution in [0.5, 0.6) is 0 Å². The molecule has 0 aliphatic rings. The fourth-order valence-electron chi connectivity index (χ4n) is 1.32. The molecule has 0 radical (unpaired) electrons. The summed E-state index contributed by atoms with van der Waals surface area (Å²) < 4.78 is 13.1. The lowest BCUT2D eigenvalue weighted by atomic mass is 10.4. The summed E-state index contributed by atoms with van der Waals surface area (Å²) in [4.78, 5) is 4.24. The lowest BCUT2D eigenvalue weighted by molar-refractivity contribution is 0.0982. The van der Waals surface area contributed by atoms with Gasteiger partial charge in [0.2, 0.25) is 5.82 Å². The minimum absolute atomic E-state index is 0.351. The van der Waals surface area contributed by atoms with E-state index in [-0.39, 0.29) is 0 Å². The second kappa shape index (κ2) is 5.58. The van der Waals surface area contributed by atoms with E-state index in [1.807, 2.05) is 13.2 Å². The van der Waals surface area contributed by atoms with Crippen LogP contribution in [0.15, 0.2) is 10.7 Å². The van der Waals surface area contributed by atoms with E-state index in [1.165, 1.54) is 0 Å². The molecule has 0 saturated carbocycles.